The van der Waals surface area contributed by atoms with Gasteiger partial charge in [0.25, 0.3) is 0 Å². The van der Waals surface area contributed by atoms with E-state index >= 15 is 0 Å². The van der Waals surface area contributed by atoms with E-state index in [0.717, 1.165) is 6.42 Å². The predicted molar refractivity (Wildman–Crippen MR) is 44.9 cm³/mol. The van der Waals surface area contributed by atoms with E-state index in [1.54, 1.807) is 0 Å². The van der Waals surface area contributed by atoms with Gasteiger partial charge in [0.1, 0.15) is 0 Å². The van der Waals surface area contributed by atoms with E-state index in [1.165, 1.54) is 0 Å². The summed E-state index contributed by atoms with van der Waals surface area (Å²) < 4.78 is 0. The summed E-state index contributed by atoms with van der Waals surface area (Å²) in [7, 11) is 0. The van der Waals surface area contributed by atoms with Crippen LogP contribution in [-0.4, -0.2) is 0 Å². The summed E-state index contributed by atoms with van der Waals surface area (Å²) in [5.74, 6) is 0. The van der Waals surface area contributed by atoms with Crippen molar-refractivity contribution in [2.24, 2.45) is 0 Å². The minimum Gasteiger partial charge on any atom is -0.214 e. The fourth-order valence-electron chi connectivity index (χ4n) is 0.714. The number of hydrogen-bond acceptors (Lipinski definition) is 0. The van der Waals surface area contributed by atoms with Gasteiger partial charge in [-0.2, -0.15) is 18.2 Å². The molecule has 0 spiro atoms. The van der Waals surface area contributed by atoms with Crippen LogP contribution < -0.4 is 0 Å². The first-order valence-electron chi connectivity index (χ1n) is 3.48. The van der Waals surface area contributed by atoms with E-state index in [2.05, 4.69) is 24.3 Å². The zero-order valence-corrected chi connectivity index (χ0v) is 7.96. The van der Waals surface area contributed by atoms with Crippen LogP contribution in [0.5, 0.6) is 0 Å². The Bertz CT molecular complexity index is 167. The van der Waals surface area contributed by atoms with Crippen molar-refractivity contribution in [2.75, 3.05) is 0 Å². The van der Waals surface area contributed by atoms with Gasteiger partial charge < -0.3 is 0 Å². The molecule has 0 N–H and O–H groups in total. The molecule has 0 heterocycles. The average molecular weight is 179 g/mol. The van der Waals surface area contributed by atoms with Crippen LogP contribution in [0.15, 0.2) is 54.6 Å². The molecule has 0 amide bonds. The molecule has 0 atom stereocenters. The maximum Gasteiger partial charge on any atom is 2.00 e. The molecule has 1 aliphatic carbocycles. The van der Waals surface area contributed by atoms with Crippen LogP contribution in [0.3, 0.4) is 0 Å². The van der Waals surface area contributed by atoms with Gasteiger partial charge >= 0.3 is 21.7 Å². The Hall–Kier alpha value is -0.456. The summed E-state index contributed by atoms with van der Waals surface area (Å²) in [6.45, 7) is 0. The fourth-order valence-corrected chi connectivity index (χ4v) is 0.714. The number of allylic oxidation sites excluding steroid dienone is 4. The van der Waals surface area contributed by atoms with Crippen LogP contribution >= 0.6 is 0 Å². The van der Waals surface area contributed by atoms with Crippen LogP contribution in [0, 0.1) is 0 Å². The predicted octanol–water partition coefficient (Wildman–Crippen LogP) is 2.91. The van der Waals surface area contributed by atoms with E-state index in [0.29, 0.717) is 0 Å². The smallest absolute Gasteiger partial charge is 0.214 e. The fraction of sp³-hybridized carbons (Fsp3) is 0.100. The molecule has 1 heteroatoms. The van der Waals surface area contributed by atoms with Crippen LogP contribution in [0.2, 0.25) is 0 Å². The molecule has 0 aliphatic heterocycles. The van der Waals surface area contributed by atoms with Crippen LogP contribution in [-0.2, 0) is 21.7 Å². The average Bonchev–Trinajstić information content (AvgIpc) is 2.67. The molecule has 0 radical (unpaired) electrons. The van der Waals surface area contributed by atoms with Gasteiger partial charge in [-0.15, -0.1) is 0 Å². The van der Waals surface area contributed by atoms with Gasteiger partial charge in [-0.25, -0.2) is 12.1 Å². The number of rotatable bonds is 0. The first kappa shape index (κ1) is 10.5. The second-order valence-corrected chi connectivity index (χ2v) is 2.05. The minimum absolute atomic E-state index is 0. The molecule has 0 nitrogen and oxygen atoms in total. The quantitative estimate of drug-likeness (QED) is 0.424. The van der Waals surface area contributed by atoms with Crippen LogP contribution in [0.25, 0.3) is 0 Å². The minimum atomic E-state index is 0. The van der Waals surface area contributed by atoms with Crippen LogP contribution in [0.1, 0.15) is 6.42 Å². The third kappa shape index (κ3) is 5.96. The van der Waals surface area contributed by atoms with Crippen molar-refractivity contribution < 1.29 is 21.7 Å². The Kier molecular flexibility index (Phi) is 7.33. The van der Waals surface area contributed by atoms with Gasteiger partial charge in [-0.1, -0.05) is 24.3 Å². The van der Waals surface area contributed by atoms with Gasteiger partial charge in [0.05, 0.1) is 0 Å². The van der Waals surface area contributed by atoms with E-state index in [9.17, 15) is 0 Å². The van der Waals surface area contributed by atoms with Crippen molar-refractivity contribution in [1.82, 2.24) is 0 Å². The molecule has 0 saturated heterocycles. The Balaban J connectivity index is 0.000000167. The summed E-state index contributed by atoms with van der Waals surface area (Å²) in [4.78, 5) is 0. The maximum absolute atomic E-state index is 2.12. The van der Waals surface area contributed by atoms with Crippen molar-refractivity contribution >= 4 is 0 Å². The van der Waals surface area contributed by atoms with Crippen molar-refractivity contribution in [3.05, 3.63) is 54.6 Å². The second kappa shape index (κ2) is 7.65. The topological polar surface area (TPSA) is 0 Å². The molecule has 0 saturated carbocycles. The summed E-state index contributed by atoms with van der Waals surface area (Å²) >= 11 is 0. The molecule has 54 valence electrons. The molecule has 11 heavy (non-hydrogen) atoms. The van der Waals surface area contributed by atoms with E-state index in [4.69, 9.17) is 0 Å². The zero-order chi connectivity index (χ0) is 7.07. The molecule has 1 aromatic carbocycles. The molecular weight excluding hydrogens is 168 g/mol. The van der Waals surface area contributed by atoms with E-state index in [-0.39, 0.29) is 21.7 Å². The summed E-state index contributed by atoms with van der Waals surface area (Å²) in [5.41, 5.74) is 0. The number of hydrogen-bond donors (Lipinski definition) is 0. The monoisotopic (exact) mass is 179 g/mol. The Labute approximate surface area is 82.9 Å². The Morgan fingerprint density at radius 1 is 0.909 bits per heavy atom. The van der Waals surface area contributed by atoms with E-state index in [1.807, 2.05) is 30.3 Å². The standard InChI is InChI=1S/C5H6.C5H5.Ti/c2*1-2-4-5-3-1;/h1-4H,5H2;1-5H;/q;-1;+2. The van der Waals surface area contributed by atoms with Gasteiger partial charge in [0.2, 0.25) is 0 Å². The van der Waals surface area contributed by atoms with Gasteiger partial charge in [-0.05, 0) is 6.42 Å². The molecule has 0 aromatic heterocycles. The van der Waals surface area contributed by atoms with Crippen molar-refractivity contribution in [1.29, 1.82) is 0 Å². The summed E-state index contributed by atoms with van der Waals surface area (Å²) in [6, 6.07) is 10.0. The molecular formula is C10H11Ti+. The summed E-state index contributed by atoms with van der Waals surface area (Å²) in [5, 5.41) is 0. The third-order valence-electron chi connectivity index (χ3n) is 1.21. The molecule has 1 aromatic rings. The maximum atomic E-state index is 2.12. The SMILES string of the molecule is C1=CCC=C1.[Ti+2].c1cc[cH-]c1. The van der Waals surface area contributed by atoms with Crippen molar-refractivity contribution in [3.63, 3.8) is 0 Å². The van der Waals surface area contributed by atoms with Crippen LogP contribution in [0.4, 0.5) is 0 Å². The van der Waals surface area contributed by atoms with Crippen molar-refractivity contribution in [2.45, 2.75) is 6.42 Å². The largest absolute Gasteiger partial charge is 2.00 e. The molecule has 0 unspecified atom stereocenters. The Morgan fingerprint density at radius 3 is 1.64 bits per heavy atom. The first-order valence-corrected chi connectivity index (χ1v) is 3.48. The third-order valence-corrected chi connectivity index (χ3v) is 1.21. The molecule has 0 fully saturated rings. The van der Waals surface area contributed by atoms with Gasteiger partial charge in [0, 0.05) is 0 Å². The second-order valence-electron chi connectivity index (χ2n) is 2.05. The molecule has 0 bridgehead atoms. The molecule has 2 rings (SSSR count). The zero-order valence-electron chi connectivity index (χ0n) is 6.40. The summed E-state index contributed by atoms with van der Waals surface area (Å²) in [6.07, 6.45) is 9.50. The van der Waals surface area contributed by atoms with E-state index < -0.39 is 0 Å². The van der Waals surface area contributed by atoms with Gasteiger partial charge in [-0.3, -0.25) is 0 Å². The van der Waals surface area contributed by atoms with Crippen molar-refractivity contribution in [3.8, 4) is 0 Å². The Morgan fingerprint density at radius 2 is 1.45 bits per heavy atom. The normalized spacial score (nSPS) is 11.6. The first-order chi connectivity index (χ1) is 5.00. The van der Waals surface area contributed by atoms with Gasteiger partial charge in [0.15, 0.2) is 0 Å². The molecule has 1 aliphatic rings.